The van der Waals surface area contributed by atoms with Crippen molar-refractivity contribution in [3.05, 3.63) is 135 Å². The molecule has 74 heavy (non-hydrogen) atoms. The van der Waals surface area contributed by atoms with Crippen molar-refractivity contribution in [2.75, 3.05) is 72.1 Å². The molecule has 0 aliphatic carbocycles. The predicted molar refractivity (Wildman–Crippen MR) is 276 cm³/mol. The number of halogens is 1. The molecule has 394 valence electrons. The number of rotatable bonds is 25. The number of nitrogens with zero attached hydrogens (tertiary/aromatic N) is 4. The summed E-state index contributed by atoms with van der Waals surface area (Å²) in [7, 11) is -3.76. The van der Waals surface area contributed by atoms with E-state index >= 15 is 0 Å². The summed E-state index contributed by atoms with van der Waals surface area (Å²) in [4.78, 5) is 77.2. The highest BCUT2D eigenvalue weighted by atomic mass is 32.2. The molecule has 0 spiro atoms. The Bertz CT molecular complexity index is 2900. The first kappa shape index (κ1) is 54.7. The van der Waals surface area contributed by atoms with Crippen molar-refractivity contribution in [1.82, 2.24) is 40.3 Å². The van der Waals surface area contributed by atoms with Gasteiger partial charge in [-0.15, -0.1) is 0 Å². The lowest BCUT2D eigenvalue weighted by molar-refractivity contribution is -0.136. The standard InChI is InChI=1S/C54H65FN8O10S/c55-47-22-13-38(36-48-44-9-7-8-10-45(44)53(69)60-59-48)35-46(47)54(70)62-32-30-61(31-33-62)50(65)12-6-4-2-1-3-5-11-49(64)57-26-25-56-27-34-73-42-18-14-39(15-19-42)40-23-28-63(29-24-40)74(71,72)43-20-16-41(17-21-43)52(68)58-37-51(66)67/h7-10,13-22,35,40,56H,1-6,11-12,23-34,36-37H2,(H,57,64)(H,58,68)(H,60,69)(H,66,67). The highest BCUT2D eigenvalue weighted by Gasteiger charge is 2.31. The lowest BCUT2D eigenvalue weighted by atomic mass is 9.90. The van der Waals surface area contributed by atoms with E-state index in [2.05, 4.69) is 26.1 Å². The Kier molecular flexibility index (Phi) is 19.8. The summed E-state index contributed by atoms with van der Waals surface area (Å²) in [6.07, 6.45) is 7.88. The number of aliphatic carboxylic acids is 1. The number of hydrogen-bond acceptors (Lipinski definition) is 11. The molecule has 4 aromatic carbocycles. The number of piperazine rings is 1. The van der Waals surface area contributed by atoms with Crippen LogP contribution in [0.4, 0.5) is 4.39 Å². The van der Waals surface area contributed by atoms with Gasteiger partial charge >= 0.3 is 5.97 Å². The molecule has 7 rings (SSSR count). The highest BCUT2D eigenvalue weighted by molar-refractivity contribution is 7.89. The Morgan fingerprint density at radius 1 is 0.743 bits per heavy atom. The third-order valence-corrected chi connectivity index (χ3v) is 15.4. The lowest BCUT2D eigenvalue weighted by Crippen LogP contribution is -2.50. The number of carbonyl (C=O) groups is 5. The quantitative estimate of drug-likeness (QED) is 0.0473. The fourth-order valence-corrected chi connectivity index (χ4v) is 10.8. The van der Waals surface area contributed by atoms with Gasteiger partial charge in [0, 0.05) is 89.1 Å². The summed E-state index contributed by atoms with van der Waals surface area (Å²) >= 11 is 0. The smallest absolute Gasteiger partial charge is 0.322 e. The lowest BCUT2D eigenvalue weighted by Gasteiger charge is -2.35. The van der Waals surface area contributed by atoms with Crippen LogP contribution in [0.2, 0.25) is 0 Å². The third kappa shape index (κ3) is 15.3. The molecule has 2 aliphatic heterocycles. The molecule has 2 saturated heterocycles. The van der Waals surface area contributed by atoms with Crippen LogP contribution in [0.1, 0.15) is 108 Å². The van der Waals surface area contributed by atoms with Crippen molar-refractivity contribution in [1.29, 1.82) is 0 Å². The summed E-state index contributed by atoms with van der Waals surface area (Å²) in [6.45, 7) is 3.76. The van der Waals surface area contributed by atoms with Crippen molar-refractivity contribution in [2.24, 2.45) is 0 Å². The van der Waals surface area contributed by atoms with Gasteiger partial charge in [0.25, 0.3) is 17.4 Å². The van der Waals surface area contributed by atoms with Crippen LogP contribution in [0.3, 0.4) is 0 Å². The largest absolute Gasteiger partial charge is 0.492 e. The van der Waals surface area contributed by atoms with Crippen molar-refractivity contribution in [2.45, 2.75) is 81.4 Å². The summed E-state index contributed by atoms with van der Waals surface area (Å²) in [5, 5.41) is 25.2. The first-order valence-electron chi connectivity index (χ1n) is 25.4. The molecular weight excluding hydrogens is 972 g/mol. The number of ether oxygens (including phenoxy) is 1. The molecule has 0 saturated carbocycles. The molecule has 1 aromatic heterocycles. The number of aromatic amines is 1. The van der Waals surface area contributed by atoms with Crippen molar-refractivity contribution >= 4 is 50.4 Å². The van der Waals surface area contributed by atoms with Crippen LogP contribution >= 0.6 is 0 Å². The van der Waals surface area contributed by atoms with Crippen molar-refractivity contribution in [3.63, 3.8) is 0 Å². The molecule has 0 atom stereocenters. The molecule has 0 unspecified atom stereocenters. The monoisotopic (exact) mass is 1040 g/mol. The first-order chi connectivity index (χ1) is 35.8. The number of nitrogens with one attached hydrogen (secondary N) is 4. The van der Waals surface area contributed by atoms with Gasteiger partial charge < -0.3 is 35.6 Å². The number of amides is 4. The van der Waals surface area contributed by atoms with E-state index in [1.807, 2.05) is 36.4 Å². The second kappa shape index (κ2) is 26.8. The van der Waals surface area contributed by atoms with Gasteiger partial charge in [-0.2, -0.15) is 9.40 Å². The van der Waals surface area contributed by atoms with Crippen LogP contribution in [0.25, 0.3) is 10.8 Å². The zero-order chi connectivity index (χ0) is 52.5. The molecular formula is C54H65FN8O10S. The number of carboxylic acid groups (broad SMARTS) is 1. The molecule has 3 heterocycles. The van der Waals surface area contributed by atoms with E-state index in [-0.39, 0.29) is 39.3 Å². The number of unbranched alkanes of at least 4 members (excludes halogenated alkanes) is 5. The van der Waals surface area contributed by atoms with Crippen molar-refractivity contribution in [3.8, 4) is 5.75 Å². The molecule has 2 aliphatic rings. The molecule has 0 radical (unpaired) electrons. The summed E-state index contributed by atoms with van der Waals surface area (Å²) in [6, 6.07) is 24.9. The number of H-pyrrole nitrogens is 1. The SMILES string of the molecule is O=C(O)CNC(=O)c1ccc(S(=O)(=O)N2CCC(c3ccc(OCCNCCNC(=O)CCCCCCCCC(=O)N4CCN(C(=O)c5cc(Cc6n[nH]c(=O)c7ccccc67)ccc5F)CC4)cc3)CC2)cc1. The number of fused-ring (bicyclic) bond motifs is 1. The van der Waals surface area contributed by atoms with Gasteiger partial charge in [0.15, 0.2) is 0 Å². The summed E-state index contributed by atoms with van der Waals surface area (Å²) < 4.78 is 48.9. The average molecular weight is 1040 g/mol. The predicted octanol–water partition coefficient (Wildman–Crippen LogP) is 5.23. The minimum Gasteiger partial charge on any atom is -0.492 e. The normalized spacial score (nSPS) is 14.4. The van der Waals surface area contributed by atoms with Gasteiger partial charge in [0.2, 0.25) is 21.8 Å². The fraction of sp³-hybridized carbons (Fsp3) is 0.426. The number of piperidine rings is 1. The van der Waals surface area contributed by atoms with Crippen LogP contribution in [-0.4, -0.2) is 139 Å². The van der Waals surface area contributed by atoms with Gasteiger partial charge in [-0.1, -0.05) is 62.1 Å². The number of carbonyl (C=O) groups excluding carboxylic acids is 4. The Hall–Kier alpha value is -7.03. The van der Waals surface area contributed by atoms with Crippen LogP contribution < -0.4 is 26.2 Å². The van der Waals surface area contributed by atoms with Crippen LogP contribution in [-0.2, 0) is 30.8 Å². The first-order valence-corrected chi connectivity index (χ1v) is 26.8. The maximum Gasteiger partial charge on any atom is 0.322 e. The molecule has 4 amide bonds. The van der Waals surface area contributed by atoms with Gasteiger partial charge in [-0.05, 0) is 97.3 Å². The maximum absolute atomic E-state index is 15.0. The van der Waals surface area contributed by atoms with E-state index < -0.39 is 40.2 Å². The Morgan fingerprint density at radius 2 is 1.41 bits per heavy atom. The number of benzene rings is 4. The number of hydrogen-bond donors (Lipinski definition) is 5. The maximum atomic E-state index is 15.0. The number of sulfonamides is 1. The van der Waals surface area contributed by atoms with E-state index in [4.69, 9.17) is 9.84 Å². The Morgan fingerprint density at radius 3 is 2.11 bits per heavy atom. The van der Waals surface area contributed by atoms with E-state index in [1.54, 1.807) is 34.1 Å². The fourth-order valence-electron chi connectivity index (χ4n) is 9.30. The summed E-state index contributed by atoms with van der Waals surface area (Å²) in [5.41, 5.74) is 2.26. The topological polar surface area (TPSA) is 241 Å². The summed E-state index contributed by atoms with van der Waals surface area (Å²) in [5.74, 6) is -1.81. The minimum atomic E-state index is -3.76. The Balaban J connectivity index is 0.675. The number of carboxylic acids is 1. The molecule has 20 heteroatoms. The highest BCUT2D eigenvalue weighted by Crippen LogP contribution is 2.32. The minimum absolute atomic E-state index is 0.0183. The van der Waals surface area contributed by atoms with E-state index in [0.29, 0.717) is 120 Å². The zero-order valence-corrected chi connectivity index (χ0v) is 42.3. The van der Waals surface area contributed by atoms with Gasteiger partial charge in [-0.3, -0.25) is 28.8 Å². The van der Waals surface area contributed by atoms with Gasteiger partial charge in [0.1, 0.15) is 24.7 Å². The van der Waals surface area contributed by atoms with E-state index in [1.165, 1.54) is 34.6 Å². The van der Waals surface area contributed by atoms with Crippen LogP contribution in [0.5, 0.6) is 5.75 Å². The van der Waals surface area contributed by atoms with Crippen LogP contribution in [0, 0.1) is 5.82 Å². The second-order valence-corrected chi connectivity index (χ2v) is 20.6. The number of aromatic nitrogens is 2. The zero-order valence-electron chi connectivity index (χ0n) is 41.5. The molecule has 0 bridgehead atoms. The van der Waals surface area contributed by atoms with Gasteiger partial charge in [-0.25, -0.2) is 17.9 Å². The molecule has 5 N–H and O–H groups in total. The molecule has 2 fully saturated rings. The average Bonchev–Trinajstić information content (AvgIpc) is 3.42. The Labute approximate surface area is 430 Å². The molecule has 5 aromatic rings. The van der Waals surface area contributed by atoms with Crippen LogP contribution in [0.15, 0.2) is 101 Å². The second-order valence-electron chi connectivity index (χ2n) is 18.6. The third-order valence-electron chi connectivity index (χ3n) is 13.5. The van der Waals surface area contributed by atoms with Gasteiger partial charge in [0.05, 0.1) is 21.5 Å². The van der Waals surface area contributed by atoms with E-state index in [9.17, 15) is 41.6 Å². The molecule has 18 nitrogen and oxygen atoms in total. The van der Waals surface area contributed by atoms with Crippen molar-refractivity contribution < 1.29 is 46.6 Å². The van der Waals surface area contributed by atoms with E-state index in [0.717, 1.165) is 49.8 Å².